The number of halogens is 1. The lowest BCUT2D eigenvalue weighted by Crippen LogP contribution is -2.52. The summed E-state index contributed by atoms with van der Waals surface area (Å²) in [5.41, 5.74) is 0.370. The number of benzene rings is 1. The SMILES string of the molecule is CCOc1ccc(C(=O)N2CCNCC2C)cc1F. The molecule has 0 radical (unpaired) electrons. The Morgan fingerprint density at radius 3 is 3.00 bits per heavy atom. The summed E-state index contributed by atoms with van der Waals surface area (Å²) < 4.78 is 18.9. The van der Waals surface area contributed by atoms with Gasteiger partial charge in [-0.3, -0.25) is 4.79 Å². The number of amides is 1. The summed E-state index contributed by atoms with van der Waals surface area (Å²) in [5.74, 6) is -0.432. The molecule has 0 spiro atoms. The molecule has 1 N–H and O–H groups in total. The van der Waals surface area contributed by atoms with E-state index < -0.39 is 5.82 Å². The molecule has 4 nitrogen and oxygen atoms in total. The lowest BCUT2D eigenvalue weighted by molar-refractivity contribution is 0.0655. The molecule has 1 fully saturated rings. The molecule has 1 aliphatic rings. The van der Waals surface area contributed by atoms with Crippen LogP contribution in [0.15, 0.2) is 18.2 Å². The third-order valence-corrected chi connectivity index (χ3v) is 3.24. The summed E-state index contributed by atoms with van der Waals surface area (Å²) >= 11 is 0. The van der Waals surface area contributed by atoms with Crippen molar-refractivity contribution < 1.29 is 13.9 Å². The van der Waals surface area contributed by atoms with Gasteiger partial charge in [0.2, 0.25) is 0 Å². The van der Waals surface area contributed by atoms with Gasteiger partial charge in [-0.1, -0.05) is 0 Å². The average molecular weight is 266 g/mol. The van der Waals surface area contributed by atoms with Crippen molar-refractivity contribution in [1.82, 2.24) is 10.2 Å². The zero-order valence-electron chi connectivity index (χ0n) is 11.3. The van der Waals surface area contributed by atoms with Crippen LogP contribution in [-0.4, -0.2) is 43.1 Å². The molecule has 1 amide bonds. The van der Waals surface area contributed by atoms with E-state index >= 15 is 0 Å². The Balaban J connectivity index is 2.17. The van der Waals surface area contributed by atoms with Crippen LogP contribution in [0.25, 0.3) is 0 Å². The third-order valence-electron chi connectivity index (χ3n) is 3.24. The van der Waals surface area contributed by atoms with Gasteiger partial charge in [-0.2, -0.15) is 0 Å². The molecule has 1 aromatic carbocycles. The Bertz CT molecular complexity index is 465. The first-order valence-electron chi connectivity index (χ1n) is 6.57. The van der Waals surface area contributed by atoms with Gasteiger partial charge in [0, 0.05) is 31.2 Å². The Morgan fingerprint density at radius 1 is 1.58 bits per heavy atom. The van der Waals surface area contributed by atoms with Crippen LogP contribution >= 0.6 is 0 Å². The van der Waals surface area contributed by atoms with E-state index in [4.69, 9.17) is 4.74 Å². The third kappa shape index (κ3) is 3.04. The van der Waals surface area contributed by atoms with Crippen LogP contribution < -0.4 is 10.1 Å². The van der Waals surface area contributed by atoms with E-state index in [1.54, 1.807) is 17.9 Å². The molecule has 1 saturated heterocycles. The molecule has 0 aliphatic carbocycles. The number of hydrogen-bond donors (Lipinski definition) is 1. The van der Waals surface area contributed by atoms with Crippen LogP contribution in [0.2, 0.25) is 0 Å². The highest BCUT2D eigenvalue weighted by Gasteiger charge is 2.24. The number of piperazine rings is 1. The van der Waals surface area contributed by atoms with Crippen LogP contribution in [-0.2, 0) is 0 Å². The molecule has 0 aromatic heterocycles. The lowest BCUT2D eigenvalue weighted by atomic mass is 10.1. The molecule has 5 heteroatoms. The molecular weight excluding hydrogens is 247 g/mol. The van der Waals surface area contributed by atoms with E-state index in [0.717, 1.165) is 13.1 Å². The van der Waals surface area contributed by atoms with E-state index in [0.29, 0.717) is 18.7 Å². The van der Waals surface area contributed by atoms with Gasteiger partial charge in [-0.15, -0.1) is 0 Å². The standard InChI is InChI=1S/C14H19FN2O2/c1-3-19-13-5-4-11(8-12(13)15)14(18)17-7-6-16-9-10(17)2/h4-5,8,10,16H,3,6-7,9H2,1-2H3. The Kier molecular flexibility index (Phi) is 4.37. The Hall–Kier alpha value is -1.62. The fourth-order valence-corrected chi connectivity index (χ4v) is 2.21. The largest absolute Gasteiger partial charge is 0.491 e. The second-order valence-corrected chi connectivity index (χ2v) is 4.63. The number of ether oxygens (including phenoxy) is 1. The van der Waals surface area contributed by atoms with Crippen molar-refractivity contribution in [1.29, 1.82) is 0 Å². The van der Waals surface area contributed by atoms with E-state index in [-0.39, 0.29) is 17.7 Å². The highest BCUT2D eigenvalue weighted by atomic mass is 19.1. The van der Waals surface area contributed by atoms with Crippen molar-refractivity contribution >= 4 is 5.91 Å². The molecule has 1 aromatic rings. The summed E-state index contributed by atoms with van der Waals surface area (Å²) in [6, 6.07) is 4.50. The zero-order chi connectivity index (χ0) is 13.8. The van der Waals surface area contributed by atoms with Gasteiger partial charge in [0.25, 0.3) is 5.91 Å². The molecule has 1 heterocycles. The predicted octanol–water partition coefficient (Wildman–Crippen LogP) is 1.66. The number of carbonyl (C=O) groups is 1. The maximum atomic E-state index is 13.8. The second-order valence-electron chi connectivity index (χ2n) is 4.63. The van der Waals surface area contributed by atoms with Crippen LogP contribution in [0, 0.1) is 5.82 Å². The quantitative estimate of drug-likeness (QED) is 0.904. The van der Waals surface area contributed by atoms with E-state index in [2.05, 4.69) is 5.32 Å². The number of hydrogen-bond acceptors (Lipinski definition) is 3. The van der Waals surface area contributed by atoms with Crippen molar-refractivity contribution in [3.63, 3.8) is 0 Å². The number of nitrogens with zero attached hydrogens (tertiary/aromatic N) is 1. The van der Waals surface area contributed by atoms with E-state index in [1.807, 2.05) is 6.92 Å². The Morgan fingerprint density at radius 2 is 2.37 bits per heavy atom. The minimum atomic E-state index is -0.490. The van der Waals surface area contributed by atoms with Crippen molar-refractivity contribution in [3.05, 3.63) is 29.6 Å². The summed E-state index contributed by atoms with van der Waals surface area (Å²) in [7, 11) is 0. The smallest absolute Gasteiger partial charge is 0.254 e. The highest BCUT2D eigenvalue weighted by molar-refractivity contribution is 5.94. The maximum Gasteiger partial charge on any atom is 0.254 e. The molecule has 1 unspecified atom stereocenters. The minimum Gasteiger partial charge on any atom is -0.491 e. The topological polar surface area (TPSA) is 41.6 Å². The van der Waals surface area contributed by atoms with Gasteiger partial charge >= 0.3 is 0 Å². The first-order valence-corrected chi connectivity index (χ1v) is 6.57. The number of rotatable bonds is 3. The van der Waals surface area contributed by atoms with Crippen molar-refractivity contribution in [2.75, 3.05) is 26.2 Å². The molecule has 19 heavy (non-hydrogen) atoms. The highest BCUT2D eigenvalue weighted by Crippen LogP contribution is 2.20. The summed E-state index contributed by atoms with van der Waals surface area (Å²) in [6.45, 7) is 6.37. The average Bonchev–Trinajstić information content (AvgIpc) is 2.41. The van der Waals surface area contributed by atoms with Crippen LogP contribution in [0.1, 0.15) is 24.2 Å². The van der Waals surface area contributed by atoms with Crippen molar-refractivity contribution in [2.45, 2.75) is 19.9 Å². The minimum absolute atomic E-state index is 0.121. The van der Waals surface area contributed by atoms with Gasteiger partial charge in [-0.05, 0) is 32.0 Å². The predicted molar refractivity (Wildman–Crippen MR) is 70.9 cm³/mol. The molecule has 0 bridgehead atoms. The second kappa shape index (κ2) is 6.02. The van der Waals surface area contributed by atoms with E-state index in [1.165, 1.54) is 12.1 Å². The van der Waals surface area contributed by atoms with Gasteiger partial charge < -0.3 is 15.0 Å². The van der Waals surface area contributed by atoms with Gasteiger partial charge in [0.05, 0.1) is 6.61 Å². The number of carbonyl (C=O) groups excluding carboxylic acids is 1. The van der Waals surface area contributed by atoms with Gasteiger partial charge in [0.15, 0.2) is 11.6 Å². The summed E-state index contributed by atoms with van der Waals surface area (Å²) in [4.78, 5) is 14.1. The normalized spacial score (nSPS) is 19.3. The first-order chi connectivity index (χ1) is 9.13. The lowest BCUT2D eigenvalue weighted by Gasteiger charge is -2.34. The zero-order valence-corrected chi connectivity index (χ0v) is 11.3. The van der Waals surface area contributed by atoms with Crippen molar-refractivity contribution in [3.8, 4) is 5.75 Å². The van der Waals surface area contributed by atoms with Crippen LogP contribution in [0.4, 0.5) is 4.39 Å². The van der Waals surface area contributed by atoms with Crippen LogP contribution in [0.5, 0.6) is 5.75 Å². The molecule has 1 aliphatic heterocycles. The maximum absolute atomic E-state index is 13.8. The summed E-state index contributed by atoms with van der Waals surface area (Å²) in [5, 5.41) is 3.22. The Labute approximate surface area is 112 Å². The molecule has 104 valence electrons. The molecule has 0 saturated carbocycles. The fraction of sp³-hybridized carbons (Fsp3) is 0.500. The van der Waals surface area contributed by atoms with Gasteiger partial charge in [0.1, 0.15) is 0 Å². The molecule has 1 atom stereocenters. The monoisotopic (exact) mass is 266 g/mol. The van der Waals surface area contributed by atoms with Gasteiger partial charge in [-0.25, -0.2) is 4.39 Å². The van der Waals surface area contributed by atoms with Crippen molar-refractivity contribution in [2.24, 2.45) is 0 Å². The fourth-order valence-electron chi connectivity index (χ4n) is 2.21. The first kappa shape index (κ1) is 13.8. The van der Waals surface area contributed by atoms with Crippen LogP contribution in [0.3, 0.4) is 0 Å². The molecular formula is C14H19FN2O2. The molecule has 2 rings (SSSR count). The van der Waals surface area contributed by atoms with E-state index in [9.17, 15) is 9.18 Å². The number of nitrogens with one attached hydrogen (secondary N) is 1. The summed E-state index contributed by atoms with van der Waals surface area (Å²) in [6.07, 6.45) is 0.